The van der Waals surface area contributed by atoms with Crippen LogP contribution in [0.1, 0.15) is 26.5 Å². The van der Waals surface area contributed by atoms with E-state index >= 15 is 0 Å². The predicted molar refractivity (Wildman–Crippen MR) is 97.8 cm³/mol. The molecule has 0 aliphatic carbocycles. The van der Waals surface area contributed by atoms with Gasteiger partial charge in [-0.1, -0.05) is 22.0 Å². The second-order valence-corrected chi connectivity index (χ2v) is 7.83. The van der Waals surface area contributed by atoms with Crippen molar-refractivity contribution in [2.75, 3.05) is 11.9 Å². The van der Waals surface area contributed by atoms with Gasteiger partial charge >= 0.3 is 0 Å². The molecule has 3 heterocycles. The molecule has 2 unspecified atom stereocenters. The molecule has 1 aromatic carbocycles. The Morgan fingerprint density at radius 3 is 2.92 bits per heavy atom. The van der Waals surface area contributed by atoms with Crippen LogP contribution in [-0.4, -0.2) is 41.2 Å². The van der Waals surface area contributed by atoms with Gasteiger partial charge in [-0.15, -0.1) is 11.3 Å². The fourth-order valence-electron chi connectivity index (χ4n) is 3.31. The van der Waals surface area contributed by atoms with Crippen LogP contribution in [0, 0.1) is 0 Å². The quantitative estimate of drug-likeness (QED) is 0.784. The van der Waals surface area contributed by atoms with Gasteiger partial charge in [0.15, 0.2) is 0 Å². The zero-order valence-electron chi connectivity index (χ0n) is 13.0. The zero-order valence-corrected chi connectivity index (χ0v) is 15.4. The normalized spacial score (nSPS) is 22.0. The van der Waals surface area contributed by atoms with Crippen molar-refractivity contribution in [3.63, 3.8) is 0 Å². The van der Waals surface area contributed by atoms with Crippen LogP contribution in [0.5, 0.6) is 0 Å². The molecule has 2 aliphatic heterocycles. The fourth-order valence-corrected chi connectivity index (χ4v) is 4.29. The number of thiophene rings is 1. The van der Waals surface area contributed by atoms with Crippen molar-refractivity contribution in [2.24, 2.45) is 0 Å². The number of amides is 3. The summed E-state index contributed by atoms with van der Waals surface area (Å²) in [6.07, 6.45) is 0.546. The molecule has 3 amide bonds. The SMILES string of the molecule is O=C(NC1CCN2C(=O)c3cc(Br)ccc3NC(=O)C12)c1cccs1. The number of halogens is 1. The lowest BCUT2D eigenvalue weighted by Gasteiger charge is -2.24. The van der Waals surface area contributed by atoms with Crippen LogP contribution in [0.4, 0.5) is 5.69 Å². The minimum Gasteiger partial charge on any atom is -0.346 e. The van der Waals surface area contributed by atoms with Crippen LogP contribution in [-0.2, 0) is 4.79 Å². The number of hydrogen-bond donors (Lipinski definition) is 2. The summed E-state index contributed by atoms with van der Waals surface area (Å²) in [7, 11) is 0. The van der Waals surface area contributed by atoms with Crippen LogP contribution in [0.15, 0.2) is 40.2 Å². The summed E-state index contributed by atoms with van der Waals surface area (Å²) in [5.74, 6) is -0.692. The summed E-state index contributed by atoms with van der Waals surface area (Å²) >= 11 is 4.70. The first kappa shape index (κ1) is 16.3. The van der Waals surface area contributed by atoms with Crippen molar-refractivity contribution in [3.05, 3.63) is 50.6 Å². The van der Waals surface area contributed by atoms with Gasteiger partial charge in [0.2, 0.25) is 5.91 Å². The standard InChI is InChI=1S/C17H14BrN3O3S/c18-9-3-4-11-10(8-9)17(24)21-6-5-12(14(21)16(23)19-11)20-15(22)13-2-1-7-25-13/h1-4,7-8,12,14H,5-6H2,(H,19,23)(H,20,22). The average molecular weight is 420 g/mol. The molecule has 6 nitrogen and oxygen atoms in total. The third kappa shape index (κ3) is 2.85. The maximum absolute atomic E-state index is 12.9. The highest BCUT2D eigenvalue weighted by molar-refractivity contribution is 9.10. The molecule has 2 aliphatic rings. The number of carbonyl (C=O) groups excluding carboxylic acids is 3. The van der Waals surface area contributed by atoms with E-state index in [1.54, 1.807) is 35.2 Å². The number of nitrogens with one attached hydrogen (secondary N) is 2. The van der Waals surface area contributed by atoms with E-state index < -0.39 is 12.1 Å². The zero-order chi connectivity index (χ0) is 17.6. The molecule has 1 fully saturated rings. The minimum absolute atomic E-state index is 0.201. The Kier molecular flexibility index (Phi) is 4.09. The molecule has 8 heteroatoms. The van der Waals surface area contributed by atoms with Crippen molar-refractivity contribution < 1.29 is 14.4 Å². The lowest BCUT2D eigenvalue weighted by Crippen LogP contribution is -2.51. The van der Waals surface area contributed by atoms with E-state index in [0.717, 1.165) is 4.47 Å². The summed E-state index contributed by atoms with van der Waals surface area (Å²) in [5, 5.41) is 7.55. The van der Waals surface area contributed by atoms with Gasteiger partial charge in [-0.05, 0) is 36.1 Å². The van der Waals surface area contributed by atoms with Gasteiger partial charge in [-0.2, -0.15) is 0 Å². The van der Waals surface area contributed by atoms with Crippen molar-refractivity contribution >= 4 is 50.7 Å². The summed E-state index contributed by atoms with van der Waals surface area (Å²) in [4.78, 5) is 40.0. The number of fused-ring (bicyclic) bond motifs is 2. The van der Waals surface area contributed by atoms with Gasteiger partial charge in [-0.25, -0.2) is 0 Å². The van der Waals surface area contributed by atoms with E-state index in [2.05, 4.69) is 26.6 Å². The van der Waals surface area contributed by atoms with Crippen LogP contribution in [0.3, 0.4) is 0 Å². The van der Waals surface area contributed by atoms with Crippen LogP contribution in [0.25, 0.3) is 0 Å². The average Bonchev–Trinajstić information content (AvgIpc) is 3.23. The van der Waals surface area contributed by atoms with E-state index in [-0.39, 0.29) is 17.7 Å². The topological polar surface area (TPSA) is 78.5 Å². The first-order valence-corrected chi connectivity index (χ1v) is 9.47. The molecule has 2 N–H and O–H groups in total. The predicted octanol–water partition coefficient (Wildman–Crippen LogP) is 2.48. The van der Waals surface area contributed by atoms with E-state index in [9.17, 15) is 14.4 Å². The molecule has 128 valence electrons. The van der Waals surface area contributed by atoms with Gasteiger partial charge in [0.1, 0.15) is 6.04 Å². The van der Waals surface area contributed by atoms with Crippen molar-refractivity contribution in [1.29, 1.82) is 0 Å². The molecule has 25 heavy (non-hydrogen) atoms. The Balaban J connectivity index is 1.62. The van der Waals surface area contributed by atoms with E-state index in [1.165, 1.54) is 11.3 Å². The largest absolute Gasteiger partial charge is 0.346 e. The Labute approximate surface area is 156 Å². The highest BCUT2D eigenvalue weighted by Gasteiger charge is 2.45. The van der Waals surface area contributed by atoms with Crippen molar-refractivity contribution in [3.8, 4) is 0 Å². The Bertz CT molecular complexity index is 868. The Morgan fingerprint density at radius 2 is 2.16 bits per heavy atom. The van der Waals surface area contributed by atoms with E-state index in [4.69, 9.17) is 0 Å². The van der Waals surface area contributed by atoms with Gasteiger partial charge < -0.3 is 15.5 Å². The van der Waals surface area contributed by atoms with Crippen LogP contribution < -0.4 is 10.6 Å². The molecule has 0 saturated carbocycles. The first-order chi connectivity index (χ1) is 12.0. The highest BCUT2D eigenvalue weighted by atomic mass is 79.9. The lowest BCUT2D eigenvalue weighted by atomic mass is 10.1. The summed E-state index contributed by atoms with van der Waals surface area (Å²) < 4.78 is 0.772. The number of benzene rings is 1. The number of anilines is 1. The molecule has 2 atom stereocenters. The Morgan fingerprint density at radius 1 is 1.32 bits per heavy atom. The third-order valence-electron chi connectivity index (χ3n) is 4.46. The number of nitrogens with zero attached hydrogens (tertiary/aromatic N) is 1. The molecule has 1 aromatic heterocycles. The van der Waals surface area contributed by atoms with E-state index in [0.29, 0.717) is 29.1 Å². The number of rotatable bonds is 2. The van der Waals surface area contributed by atoms with Crippen molar-refractivity contribution in [2.45, 2.75) is 18.5 Å². The minimum atomic E-state index is -0.706. The third-order valence-corrected chi connectivity index (χ3v) is 5.82. The fraction of sp³-hybridized carbons (Fsp3) is 0.235. The van der Waals surface area contributed by atoms with Crippen molar-refractivity contribution in [1.82, 2.24) is 10.2 Å². The lowest BCUT2D eigenvalue weighted by molar-refractivity contribution is -0.120. The summed E-state index contributed by atoms with van der Waals surface area (Å²) in [5.41, 5.74) is 0.950. The smallest absolute Gasteiger partial charge is 0.261 e. The molecule has 1 saturated heterocycles. The van der Waals surface area contributed by atoms with Gasteiger partial charge in [0, 0.05) is 11.0 Å². The molecule has 2 aromatic rings. The Hall–Kier alpha value is -2.19. The number of carbonyl (C=O) groups is 3. The van der Waals surface area contributed by atoms with E-state index in [1.807, 2.05) is 5.38 Å². The molecular formula is C17H14BrN3O3S. The monoisotopic (exact) mass is 419 g/mol. The second-order valence-electron chi connectivity index (χ2n) is 5.97. The molecule has 4 rings (SSSR count). The highest BCUT2D eigenvalue weighted by Crippen LogP contribution is 2.31. The van der Waals surface area contributed by atoms with Gasteiger partial charge in [-0.3, -0.25) is 14.4 Å². The van der Waals surface area contributed by atoms with Crippen LogP contribution >= 0.6 is 27.3 Å². The van der Waals surface area contributed by atoms with Gasteiger partial charge in [0.05, 0.1) is 22.2 Å². The number of hydrogen-bond acceptors (Lipinski definition) is 4. The summed E-state index contributed by atoms with van der Waals surface area (Å²) in [6, 6.07) is 7.61. The molecule has 0 spiro atoms. The summed E-state index contributed by atoms with van der Waals surface area (Å²) in [6.45, 7) is 0.429. The maximum atomic E-state index is 12.9. The second kappa shape index (κ2) is 6.27. The van der Waals surface area contributed by atoms with Crippen LogP contribution in [0.2, 0.25) is 0 Å². The maximum Gasteiger partial charge on any atom is 0.261 e. The first-order valence-electron chi connectivity index (χ1n) is 7.80. The van der Waals surface area contributed by atoms with Gasteiger partial charge in [0.25, 0.3) is 11.8 Å². The molecule has 0 radical (unpaired) electrons. The molecular weight excluding hydrogens is 406 g/mol. The molecule has 0 bridgehead atoms.